The predicted molar refractivity (Wildman–Crippen MR) is 154 cm³/mol. The number of hydrogen-bond acceptors (Lipinski definition) is 8. The van der Waals surface area contributed by atoms with E-state index in [4.69, 9.17) is 23.1 Å². The fraction of sp³-hybridized carbons (Fsp3) is 0.500. The van der Waals surface area contributed by atoms with Crippen LogP contribution in [0.2, 0.25) is 0 Å². The molecule has 222 valence electrons. The first-order valence-corrected chi connectivity index (χ1v) is 15.2. The van der Waals surface area contributed by atoms with Gasteiger partial charge in [0.2, 0.25) is 0 Å². The Bertz CT molecular complexity index is 1210. The molecule has 0 bridgehead atoms. The fourth-order valence-corrected chi connectivity index (χ4v) is 4.92. The number of aliphatic carboxylic acids is 1. The number of benzene rings is 2. The Labute approximate surface area is 238 Å². The molecule has 2 rings (SSSR count). The van der Waals surface area contributed by atoms with E-state index in [-0.39, 0.29) is 23.5 Å². The fourth-order valence-electron chi connectivity index (χ4n) is 3.78. The number of ether oxygens (including phenoxy) is 4. The van der Waals surface area contributed by atoms with Crippen LogP contribution >= 0.6 is 0 Å². The highest BCUT2D eigenvalue weighted by molar-refractivity contribution is 7.87. The highest BCUT2D eigenvalue weighted by Gasteiger charge is 2.20. The molecular weight excluding hydrogens is 536 g/mol. The number of unbranched alkanes of at least 4 members (excludes halogenated alkanes) is 2. The van der Waals surface area contributed by atoms with E-state index in [1.807, 2.05) is 26.0 Å². The van der Waals surface area contributed by atoms with E-state index in [0.717, 1.165) is 30.4 Å². The van der Waals surface area contributed by atoms with Crippen LogP contribution in [0.4, 0.5) is 0 Å². The van der Waals surface area contributed by atoms with Crippen LogP contribution in [-0.4, -0.2) is 52.2 Å². The molecule has 0 aliphatic carbocycles. The SMILES string of the molecule is C=C(CC(OCC)c1ccc(OCCc2ccc(OS(=O)(=O)CCCC)c(OC)c2)c(OCCCC)c1)C(=O)O. The largest absolute Gasteiger partial charge is 0.493 e. The standard InChI is InChI=1S/C30H42O9S/c1-6-9-16-37-29-21-24(27(36-8-3)19-22(4)30(31)32)12-14-25(29)38-17-15-23-11-13-26(28(20-23)35-5)39-40(33,34)18-10-7-2/h11-14,20-21,27H,4,6-10,15-19H2,1-3,5H3,(H,31,32). The molecule has 1 unspecified atom stereocenters. The highest BCUT2D eigenvalue weighted by Crippen LogP contribution is 2.35. The second kappa shape index (κ2) is 16.8. The molecule has 0 saturated heterocycles. The molecule has 0 spiro atoms. The lowest BCUT2D eigenvalue weighted by atomic mass is 10.0. The predicted octanol–water partition coefficient (Wildman–Crippen LogP) is 6.11. The maximum absolute atomic E-state index is 12.2. The summed E-state index contributed by atoms with van der Waals surface area (Å²) in [5.41, 5.74) is 1.72. The van der Waals surface area contributed by atoms with Crippen LogP contribution < -0.4 is 18.4 Å². The Morgan fingerprint density at radius 3 is 2.27 bits per heavy atom. The Morgan fingerprint density at radius 1 is 0.925 bits per heavy atom. The maximum Gasteiger partial charge on any atom is 0.331 e. The Kier molecular flexibility index (Phi) is 13.8. The Morgan fingerprint density at radius 2 is 1.62 bits per heavy atom. The number of methoxy groups -OCH3 is 1. The average molecular weight is 579 g/mol. The van der Waals surface area contributed by atoms with Crippen molar-refractivity contribution >= 4 is 16.1 Å². The van der Waals surface area contributed by atoms with Crippen molar-refractivity contribution in [3.05, 3.63) is 59.7 Å². The van der Waals surface area contributed by atoms with Gasteiger partial charge < -0.3 is 28.2 Å². The molecule has 1 N–H and O–H groups in total. The Balaban J connectivity index is 2.16. The van der Waals surface area contributed by atoms with Gasteiger partial charge in [-0.15, -0.1) is 0 Å². The first kappa shape index (κ1) is 33.0. The van der Waals surface area contributed by atoms with Gasteiger partial charge in [0.15, 0.2) is 23.0 Å². The number of carboxylic acids is 1. The average Bonchev–Trinajstić information content (AvgIpc) is 2.93. The summed E-state index contributed by atoms with van der Waals surface area (Å²) in [5.74, 6) is 0.480. The summed E-state index contributed by atoms with van der Waals surface area (Å²) < 4.78 is 52.9. The van der Waals surface area contributed by atoms with Gasteiger partial charge in [0.25, 0.3) is 0 Å². The molecule has 9 nitrogen and oxygen atoms in total. The molecule has 2 aromatic carbocycles. The normalized spacial score (nSPS) is 12.0. The van der Waals surface area contributed by atoms with Crippen LogP contribution in [-0.2, 0) is 26.1 Å². The van der Waals surface area contributed by atoms with Crippen molar-refractivity contribution in [2.75, 3.05) is 32.7 Å². The van der Waals surface area contributed by atoms with Gasteiger partial charge in [-0.1, -0.05) is 45.4 Å². The first-order valence-electron chi connectivity index (χ1n) is 13.6. The molecule has 0 amide bonds. The summed E-state index contributed by atoms with van der Waals surface area (Å²) in [5, 5.41) is 9.27. The van der Waals surface area contributed by atoms with E-state index < -0.39 is 22.2 Å². The topological polar surface area (TPSA) is 118 Å². The molecule has 0 aliphatic rings. The van der Waals surface area contributed by atoms with E-state index >= 15 is 0 Å². The monoisotopic (exact) mass is 578 g/mol. The van der Waals surface area contributed by atoms with Crippen LogP contribution in [0, 0.1) is 0 Å². The molecule has 10 heteroatoms. The van der Waals surface area contributed by atoms with E-state index in [9.17, 15) is 18.3 Å². The minimum absolute atomic E-state index is 0.0523. The van der Waals surface area contributed by atoms with E-state index in [1.54, 1.807) is 24.3 Å². The van der Waals surface area contributed by atoms with E-state index in [1.165, 1.54) is 7.11 Å². The summed E-state index contributed by atoms with van der Waals surface area (Å²) in [6, 6.07) is 10.6. The lowest BCUT2D eigenvalue weighted by Crippen LogP contribution is -2.14. The van der Waals surface area contributed by atoms with Crippen LogP contribution in [0.1, 0.15) is 70.1 Å². The third kappa shape index (κ3) is 10.7. The van der Waals surface area contributed by atoms with Crippen molar-refractivity contribution in [3.63, 3.8) is 0 Å². The summed E-state index contributed by atoms with van der Waals surface area (Å²) in [7, 11) is -2.23. The Hall–Kier alpha value is -3.24. The number of rotatable bonds is 20. The van der Waals surface area contributed by atoms with Gasteiger partial charge in [-0.2, -0.15) is 8.42 Å². The molecule has 0 heterocycles. The van der Waals surface area contributed by atoms with Crippen molar-refractivity contribution in [3.8, 4) is 23.0 Å². The summed E-state index contributed by atoms with van der Waals surface area (Å²) in [6.45, 7) is 10.7. The van der Waals surface area contributed by atoms with E-state index in [0.29, 0.717) is 49.9 Å². The van der Waals surface area contributed by atoms with Gasteiger partial charge in [-0.25, -0.2) is 4.79 Å². The summed E-state index contributed by atoms with van der Waals surface area (Å²) >= 11 is 0. The third-order valence-electron chi connectivity index (χ3n) is 6.04. The van der Waals surface area contributed by atoms with Crippen LogP contribution in [0.5, 0.6) is 23.0 Å². The third-order valence-corrected chi connectivity index (χ3v) is 7.26. The van der Waals surface area contributed by atoms with Gasteiger partial charge in [-0.3, -0.25) is 0 Å². The minimum atomic E-state index is -3.70. The van der Waals surface area contributed by atoms with Crippen LogP contribution in [0.25, 0.3) is 0 Å². The van der Waals surface area contributed by atoms with Gasteiger partial charge in [0.1, 0.15) is 0 Å². The molecule has 0 radical (unpaired) electrons. The van der Waals surface area contributed by atoms with Gasteiger partial charge in [-0.05, 0) is 55.2 Å². The maximum atomic E-state index is 12.2. The highest BCUT2D eigenvalue weighted by atomic mass is 32.2. The molecular formula is C30H42O9S. The quantitative estimate of drug-likeness (QED) is 0.113. The number of carboxylic acid groups (broad SMARTS) is 1. The van der Waals surface area contributed by atoms with Crippen molar-refractivity contribution in [2.45, 2.75) is 65.4 Å². The smallest absolute Gasteiger partial charge is 0.331 e. The lowest BCUT2D eigenvalue weighted by Gasteiger charge is -2.20. The lowest BCUT2D eigenvalue weighted by molar-refractivity contribution is -0.133. The zero-order chi connectivity index (χ0) is 29.5. The van der Waals surface area contributed by atoms with Crippen molar-refractivity contribution < 1.29 is 41.4 Å². The van der Waals surface area contributed by atoms with Gasteiger partial charge >= 0.3 is 16.1 Å². The number of carbonyl (C=O) groups is 1. The minimum Gasteiger partial charge on any atom is -0.493 e. The molecule has 0 fully saturated rings. The van der Waals surface area contributed by atoms with Crippen molar-refractivity contribution in [1.29, 1.82) is 0 Å². The van der Waals surface area contributed by atoms with Crippen LogP contribution in [0.3, 0.4) is 0 Å². The molecule has 0 aromatic heterocycles. The molecule has 40 heavy (non-hydrogen) atoms. The summed E-state index contributed by atoms with van der Waals surface area (Å²) in [6.07, 6.45) is 3.31. The second-order valence-electron chi connectivity index (χ2n) is 9.25. The zero-order valence-electron chi connectivity index (χ0n) is 23.9. The molecule has 2 aromatic rings. The van der Waals surface area contributed by atoms with Gasteiger partial charge in [0.05, 0.1) is 32.2 Å². The van der Waals surface area contributed by atoms with Crippen LogP contribution in [0.15, 0.2) is 48.6 Å². The van der Waals surface area contributed by atoms with E-state index in [2.05, 4.69) is 13.5 Å². The second-order valence-corrected chi connectivity index (χ2v) is 10.9. The molecule has 1 atom stereocenters. The first-order chi connectivity index (χ1) is 19.1. The number of hydrogen-bond donors (Lipinski definition) is 1. The van der Waals surface area contributed by atoms with Crippen molar-refractivity contribution in [2.24, 2.45) is 0 Å². The van der Waals surface area contributed by atoms with Gasteiger partial charge in [0, 0.05) is 25.0 Å². The molecule has 0 saturated carbocycles. The zero-order valence-corrected chi connectivity index (χ0v) is 24.8. The van der Waals surface area contributed by atoms with Crippen molar-refractivity contribution in [1.82, 2.24) is 0 Å². The molecule has 0 aliphatic heterocycles. The summed E-state index contributed by atoms with van der Waals surface area (Å²) in [4.78, 5) is 11.3.